The van der Waals surface area contributed by atoms with Gasteiger partial charge in [-0.15, -0.1) is 0 Å². The summed E-state index contributed by atoms with van der Waals surface area (Å²) in [5.74, 6) is 0. The topological polar surface area (TPSA) is 42.5 Å². The van der Waals surface area contributed by atoms with Crippen LogP contribution in [0.15, 0.2) is 114 Å². The highest BCUT2D eigenvalue weighted by molar-refractivity contribution is 6.07. The highest BCUT2D eigenvalue weighted by Crippen LogP contribution is 2.15. The molecule has 35 heavy (non-hydrogen) atoms. The monoisotopic (exact) mass is 462 g/mol. The predicted octanol–water partition coefficient (Wildman–Crippen LogP) is 7.66. The maximum atomic E-state index is 4.68. The van der Waals surface area contributed by atoms with Crippen molar-refractivity contribution in [1.29, 1.82) is 0 Å². The van der Waals surface area contributed by atoms with Crippen LogP contribution in [0.3, 0.4) is 0 Å². The van der Waals surface area contributed by atoms with Gasteiger partial charge in [0.25, 0.3) is 0 Å². The lowest BCUT2D eigenvalue weighted by atomic mass is 10.1. The van der Waals surface area contributed by atoms with E-state index in [0.717, 1.165) is 22.7 Å². The van der Waals surface area contributed by atoms with Crippen molar-refractivity contribution in [3.05, 3.63) is 132 Å². The molecule has 0 unspecified atom stereocenters. The number of nitrogens with zero attached hydrogens (tertiary/aromatic N) is 4. The third-order valence-corrected chi connectivity index (χ3v) is 5.27. The third-order valence-electron chi connectivity index (χ3n) is 5.27. The number of allylic oxidation sites excluding steroid dienone is 6. The molecule has 0 radical (unpaired) electrons. The van der Waals surface area contributed by atoms with Crippen molar-refractivity contribution >= 4 is 16.9 Å². The van der Waals surface area contributed by atoms with E-state index in [1.807, 2.05) is 67.6 Å². The second-order valence-corrected chi connectivity index (χ2v) is 8.52. The summed E-state index contributed by atoms with van der Waals surface area (Å²) in [5.41, 5.74) is 8.70. The molecule has 0 atom stereocenters. The van der Waals surface area contributed by atoms with Crippen molar-refractivity contribution in [2.24, 2.45) is 4.99 Å². The molecule has 1 aromatic carbocycles. The lowest BCUT2D eigenvalue weighted by molar-refractivity contribution is 1.06. The molecule has 0 aliphatic heterocycles. The van der Waals surface area contributed by atoms with Gasteiger partial charge in [0.05, 0.1) is 23.6 Å². The summed E-state index contributed by atoms with van der Waals surface area (Å²) in [6.45, 7) is 11.0. The molecular formula is C31H34N4. The largest absolute Gasteiger partial charge is 0.304 e. The van der Waals surface area contributed by atoms with E-state index in [9.17, 15) is 0 Å². The first-order chi connectivity index (χ1) is 17.0. The Labute approximate surface area is 209 Å². The summed E-state index contributed by atoms with van der Waals surface area (Å²) >= 11 is 0. The molecule has 0 aliphatic carbocycles. The SMILES string of the molecule is C/C=C\C=C(/C)c1cn2c(C)cccc2n1.CC(C)=CC(=NCc1ccccc1)c1ccccn1. The second kappa shape index (κ2) is 13.0. The number of aliphatic imine (C=N–C) groups is 1. The molecule has 3 heterocycles. The molecule has 0 spiro atoms. The fourth-order valence-corrected chi connectivity index (χ4v) is 3.41. The zero-order valence-electron chi connectivity index (χ0n) is 21.3. The Morgan fingerprint density at radius 1 is 0.914 bits per heavy atom. The first kappa shape index (κ1) is 25.6. The summed E-state index contributed by atoms with van der Waals surface area (Å²) in [5, 5.41) is 0. The van der Waals surface area contributed by atoms with Gasteiger partial charge in [-0.1, -0.05) is 66.3 Å². The summed E-state index contributed by atoms with van der Waals surface area (Å²) < 4.78 is 2.11. The molecule has 4 nitrogen and oxygen atoms in total. The van der Waals surface area contributed by atoms with Crippen molar-refractivity contribution in [1.82, 2.24) is 14.4 Å². The minimum Gasteiger partial charge on any atom is -0.304 e. The first-order valence-electron chi connectivity index (χ1n) is 11.9. The number of fused-ring (bicyclic) bond motifs is 1. The number of aryl methyl sites for hydroxylation is 1. The van der Waals surface area contributed by atoms with Crippen LogP contribution in [0.1, 0.15) is 50.3 Å². The molecular weight excluding hydrogens is 428 g/mol. The second-order valence-electron chi connectivity index (χ2n) is 8.52. The van der Waals surface area contributed by atoms with Crippen LogP contribution < -0.4 is 0 Å². The Morgan fingerprint density at radius 3 is 2.34 bits per heavy atom. The van der Waals surface area contributed by atoms with Crippen LogP contribution in [0, 0.1) is 6.92 Å². The van der Waals surface area contributed by atoms with Gasteiger partial charge in [0, 0.05) is 18.1 Å². The van der Waals surface area contributed by atoms with Crippen molar-refractivity contribution in [2.75, 3.05) is 0 Å². The van der Waals surface area contributed by atoms with E-state index in [0.29, 0.717) is 6.54 Å². The highest BCUT2D eigenvalue weighted by Gasteiger charge is 2.04. The summed E-state index contributed by atoms with van der Waals surface area (Å²) in [6.07, 6.45) is 12.1. The fourth-order valence-electron chi connectivity index (χ4n) is 3.41. The maximum Gasteiger partial charge on any atom is 0.137 e. The molecule has 4 rings (SSSR count). The van der Waals surface area contributed by atoms with E-state index in [-0.39, 0.29) is 0 Å². The van der Waals surface area contributed by atoms with Crippen LogP contribution in [0.25, 0.3) is 11.2 Å². The molecule has 3 aromatic heterocycles. The summed E-state index contributed by atoms with van der Waals surface area (Å²) in [6, 6.07) is 22.3. The normalized spacial score (nSPS) is 11.9. The number of hydrogen-bond acceptors (Lipinski definition) is 3. The van der Waals surface area contributed by atoms with E-state index in [4.69, 9.17) is 0 Å². The third kappa shape index (κ3) is 7.75. The molecule has 0 amide bonds. The van der Waals surface area contributed by atoms with Gasteiger partial charge in [-0.3, -0.25) is 9.98 Å². The average Bonchev–Trinajstić information content (AvgIpc) is 3.32. The average molecular weight is 463 g/mol. The Bertz CT molecular complexity index is 1340. The lowest BCUT2D eigenvalue weighted by Crippen LogP contribution is -2.01. The standard InChI is InChI=1S/C17H18N2.C14H16N2/c1-14(2)12-17(16-10-6-7-11-18-16)19-13-15-8-4-3-5-9-15;1-4-5-7-11(2)13-10-16-12(3)8-6-9-14(16)15-13/h3-12H,13H2,1-2H3;4-10H,1-3H3/b;5-4-,11-7+. The lowest BCUT2D eigenvalue weighted by Gasteiger charge is -2.03. The number of rotatable bonds is 6. The molecule has 4 heteroatoms. The number of hydrogen-bond donors (Lipinski definition) is 0. The molecule has 0 N–H and O–H groups in total. The number of benzene rings is 1. The Morgan fingerprint density at radius 2 is 1.69 bits per heavy atom. The van der Waals surface area contributed by atoms with Crippen molar-refractivity contribution in [2.45, 2.75) is 41.2 Å². The molecule has 4 aromatic rings. The van der Waals surface area contributed by atoms with Crippen molar-refractivity contribution in [3.63, 3.8) is 0 Å². The molecule has 0 aliphatic rings. The van der Waals surface area contributed by atoms with Gasteiger partial charge in [-0.2, -0.15) is 0 Å². The van der Waals surface area contributed by atoms with Crippen molar-refractivity contribution < 1.29 is 0 Å². The van der Waals surface area contributed by atoms with Crippen LogP contribution in [-0.4, -0.2) is 20.1 Å². The van der Waals surface area contributed by atoms with Crippen LogP contribution in [0.5, 0.6) is 0 Å². The van der Waals surface area contributed by atoms with E-state index >= 15 is 0 Å². The van der Waals surface area contributed by atoms with E-state index in [2.05, 4.69) is 83.6 Å². The minimum atomic E-state index is 0.677. The van der Waals surface area contributed by atoms with Gasteiger partial charge in [-0.25, -0.2) is 4.98 Å². The Balaban J connectivity index is 0.000000198. The van der Waals surface area contributed by atoms with Gasteiger partial charge < -0.3 is 4.40 Å². The molecule has 0 saturated carbocycles. The molecule has 178 valence electrons. The predicted molar refractivity (Wildman–Crippen MR) is 149 cm³/mol. The van der Waals surface area contributed by atoms with E-state index in [1.54, 1.807) is 6.20 Å². The van der Waals surface area contributed by atoms with E-state index in [1.165, 1.54) is 22.4 Å². The van der Waals surface area contributed by atoms with Crippen LogP contribution in [0.4, 0.5) is 0 Å². The Kier molecular flexibility index (Phi) is 9.49. The van der Waals surface area contributed by atoms with Gasteiger partial charge in [-0.05, 0) is 76.1 Å². The van der Waals surface area contributed by atoms with Gasteiger partial charge in [0.15, 0.2) is 0 Å². The molecule has 0 saturated heterocycles. The smallest absolute Gasteiger partial charge is 0.137 e. The zero-order chi connectivity index (χ0) is 25.0. The first-order valence-corrected chi connectivity index (χ1v) is 11.9. The number of aromatic nitrogens is 3. The highest BCUT2D eigenvalue weighted by atomic mass is 15.0. The van der Waals surface area contributed by atoms with Crippen LogP contribution >= 0.6 is 0 Å². The minimum absolute atomic E-state index is 0.677. The van der Waals surface area contributed by atoms with Crippen molar-refractivity contribution in [3.8, 4) is 0 Å². The van der Waals surface area contributed by atoms with Crippen LogP contribution in [0.2, 0.25) is 0 Å². The summed E-state index contributed by atoms with van der Waals surface area (Å²) in [4.78, 5) is 13.6. The zero-order valence-corrected chi connectivity index (χ0v) is 21.3. The molecule has 0 fully saturated rings. The quantitative estimate of drug-likeness (QED) is 0.218. The van der Waals surface area contributed by atoms with Gasteiger partial charge in [0.2, 0.25) is 0 Å². The summed E-state index contributed by atoms with van der Waals surface area (Å²) in [7, 11) is 0. The number of pyridine rings is 2. The van der Waals surface area contributed by atoms with Gasteiger partial charge >= 0.3 is 0 Å². The maximum absolute atomic E-state index is 4.68. The number of imidazole rings is 1. The van der Waals surface area contributed by atoms with E-state index < -0.39 is 0 Å². The van der Waals surface area contributed by atoms with Gasteiger partial charge in [0.1, 0.15) is 5.65 Å². The van der Waals surface area contributed by atoms with Crippen LogP contribution in [-0.2, 0) is 6.54 Å². The molecule has 0 bridgehead atoms. The Hall–Kier alpha value is -4.05. The fraction of sp³-hybridized carbons (Fsp3) is 0.194.